The van der Waals surface area contributed by atoms with Crippen LogP contribution in [0, 0.1) is 0 Å². The maximum atomic E-state index is 12.5. The second-order valence-electron chi connectivity index (χ2n) is 21.4. The molecule has 6 nitrogen and oxygen atoms in total. The molecule has 0 aliphatic heterocycles. The SMILES string of the molecule is CCCCCCCCCCCCCCC(O)C(CO)NC(=O)CCCCCCCCCCCCCCCCCCCCCCCCCCCCCOC(=O)CCCCCCCCCCCCC. The van der Waals surface area contributed by atoms with Crippen molar-refractivity contribution < 1.29 is 24.5 Å². The largest absolute Gasteiger partial charge is 0.466 e. The zero-order valence-corrected chi connectivity index (χ0v) is 45.7. The molecule has 0 spiro atoms. The van der Waals surface area contributed by atoms with Crippen LogP contribution in [0.25, 0.3) is 0 Å². The number of amides is 1. The van der Waals surface area contributed by atoms with Gasteiger partial charge in [0.25, 0.3) is 0 Å². The van der Waals surface area contributed by atoms with E-state index in [9.17, 15) is 19.8 Å². The minimum atomic E-state index is -0.660. The molecular weight excluding hydrogens is 827 g/mol. The summed E-state index contributed by atoms with van der Waals surface area (Å²) in [6, 6.07) is -0.537. The Balaban J connectivity index is 3.32. The van der Waals surface area contributed by atoms with E-state index in [1.807, 2.05) is 0 Å². The minimum absolute atomic E-state index is 0.0184. The van der Waals surface area contributed by atoms with E-state index < -0.39 is 12.1 Å². The Labute approximate surface area is 419 Å². The highest BCUT2D eigenvalue weighted by molar-refractivity contribution is 5.76. The lowest BCUT2D eigenvalue weighted by atomic mass is 10.0. The number of rotatable bonds is 58. The summed E-state index contributed by atoms with van der Waals surface area (Å²) < 4.78 is 5.47. The summed E-state index contributed by atoms with van der Waals surface area (Å²) in [4.78, 5) is 24.4. The molecule has 0 aliphatic carbocycles. The normalized spacial score (nSPS) is 12.5. The van der Waals surface area contributed by atoms with Gasteiger partial charge in [-0.3, -0.25) is 9.59 Å². The van der Waals surface area contributed by atoms with Gasteiger partial charge in [0.1, 0.15) is 0 Å². The van der Waals surface area contributed by atoms with Gasteiger partial charge in [0.2, 0.25) is 5.91 Å². The number of unbranched alkanes of at least 4 members (excludes halogenated alkanes) is 47. The molecule has 0 heterocycles. The predicted octanol–water partition coefficient (Wildman–Crippen LogP) is 19.1. The Morgan fingerprint density at radius 1 is 0.358 bits per heavy atom. The Morgan fingerprint density at radius 3 is 0.910 bits per heavy atom. The molecule has 0 bridgehead atoms. The summed E-state index contributed by atoms with van der Waals surface area (Å²) in [5, 5.41) is 23.2. The van der Waals surface area contributed by atoms with E-state index in [0.717, 1.165) is 38.5 Å². The average Bonchev–Trinajstić information content (AvgIpc) is 3.33. The van der Waals surface area contributed by atoms with Gasteiger partial charge in [0.05, 0.1) is 25.4 Å². The summed E-state index contributed by atoms with van der Waals surface area (Å²) in [5.41, 5.74) is 0. The van der Waals surface area contributed by atoms with Gasteiger partial charge in [-0.2, -0.15) is 0 Å². The van der Waals surface area contributed by atoms with Crippen LogP contribution < -0.4 is 5.32 Å². The lowest BCUT2D eigenvalue weighted by Crippen LogP contribution is -2.45. The molecule has 0 aromatic carbocycles. The van der Waals surface area contributed by atoms with E-state index in [4.69, 9.17) is 4.74 Å². The van der Waals surface area contributed by atoms with E-state index in [-0.39, 0.29) is 18.5 Å². The van der Waals surface area contributed by atoms with Crippen molar-refractivity contribution >= 4 is 11.9 Å². The fourth-order valence-electron chi connectivity index (χ4n) is 9.94. The first-order chi connectivity index (χ1) is 33.0. The van der Waals surface area contributed by atoms with Crippen molar-refractivity contribution in [1.82, 2.24) is 5.32 Å². The highest BCUT2D eigenvalue weighted by Gasteiger charge is 2.20. The molecule has 0 aromatic heterocycles. The smallest absolute Gasteiger partial charge is 0.305 e. The molecule has 1 amide bonds. The first kappa shape index (κ1) is 65.9. The fraction of sp³-hybridized carbons (Fsp3) is 0.967. The molecule has 0 aromatic rings. The molecular formula is C61H121NO5. The summed E-state index contributed by atoms with van der Waals surface area (Å²) in [6.45, 7) is 4.97. The number of esters is 1. The second-order valence-corrected chi connectivity index (χ2v) is 21.4. The van der Waals surface area contributed by atoms with Crippen LogP contribution in [-0.2, 0) is 14.3 Å². The van der Waals surface area contributed by atoms with Gasteiger partial charge < -0.3 is 20.3 Å². The number of carbonyl (C=O) groups is 2. The van der Waals surface area contributed by atoms with Gasteiger partial charge in [0, 0.05) is 12.8 Å². The molecule has 2 unspecified atom stereocenters. The zero-order valence-electron chi connectivity index (χ0n) is 45.7. The Hall–Kier alpha value is -1.14. The topological polar surface area (TPSA) is 95.9 Å². The first-order valence-corrected chi connectivity index (χ1v) is 30.8. The molecule has 3 N–H and O–H groups in total. The fourth-order valence-corrected chi connectivity index (χ4v) is 9.94. The maximum absolute atomic E-state index is 12.5. The van der Waals surface area contributed by atoms with Crippen LogP contribution in [-0.4, -0.2) is 47.4 Å². The van der Waals surface area contributed by atoms with E-state index in [1.54, 1.807) is 0 Å². The summed E-state index contributed by atoms with van der Waals surface area (Å²) >= 11 is 0. The number of aliphatic hydroxyl groups excluding tert-OH is 2. The van der Waals surface area contributed by atoms with Crippen molar-refractivity contribution in [3.63, 3.8) is 0 Å². The highest BCUT2D eigenvalue weighted by Crippen LogP contribution is 2.18. The maximum Gasteiger partial charge on any atom is 0.305 e. The second kappa shape index (κ2) is 57.4. The third-order valence-electron chi connectivity index (χ3n) is 14.7. The van der Waals surface area contributed by atoms with Crippen molar-refractivity contribution in [2.24, 2.45) is 0 Å². The molecule has 67 heavy (non-hydrogen) atoms. The van der Waals surface area contributed by atoms with E-state index in [0.29, 0.717) is 25.9 Å². The number of aliphatic hydroxyl groups is 2. The van der Waals surface area contributed by atoms with Crippen molar-refractivity contribution in [2.45, 2.75) is 366 Å². The van der Waals surface area contributed by atoms with Crippen LogP contribution in [0.2, 0.25) is 0 Å². The Bertz CT molecular complexity index is 959. The number of hydrogen-bond donors (Lipinski definition) is 3. The number of nitrogens with one attached hydrogen (secondary N) is 1. The third-order valence-corrected chi connectivity index (χ3v) is 14.7. The van der Waals surface area contributed by atoms with Gasteiger partial charge in [0.15, 0.2) is 0 Å². The molecule has 0 fully saturated rings. The highest BCUT2D eigenvalue weighted by atomic mass is 16.5. The Kier molecular flexibility index (Phi) is 56.5. The molecule has 0 rings (SSSR count). The summed E-state index contributed by atoms with van der Waals surface area (Å²) in [6.07, 6.45) is 66.9. The van der Waals surface area contributed by atoms with E-state index in [1.165, 1.54) is 283 Å². The van der Waals surface area contributed by atoms with Crippen molar-refractivity contribution in [3.05, 3.63) is 0 Å². The van der Waals surface area contributed by atoms with Crippen LogP contribution in [0.5, 0.6) is 0 Å². The molecule has 0 radical (unpaired) electrons. The summed E-state index contributed by atoms with van der Waals surface area (Å²) in [7, 11) is 0. The molecule has 2 atom stereocenters. The first-order valence-electron chi connectivity index (χ1n) is 30.8. The lowest BCUT2D eigenvalue weighted by Gasteiger charge is -2.22. The van der Waals surface area contributed by atoms with E-state index >= 15 is 0 Å². The standard InChI is InChI=1S/C61H121NO5/c1-3-5-7-9-11-13-15-34-37-41-45-49-53-59(64)58(57-63)62-60(65)54-50-46-42-38-35-31-29-27-25-23-21-19-17-16-18-20-22-24-26-28-30-32-36-40-44-48-52-56-67-61(66)55-51-47-43-39-33-14-12-10-8-6-4-2/h58-59,63-64H,3-57H2,1-2H3,(H,62,65). The third kappa shape index (κ3) is 54.0. The van der Waals surface area contributed by atoms with Gasteiger partial charge in [-0.25, -0.2) is 0 Å². The number of hydrogen-bond acceptors (Lipinski definition) is 5. The van der Waals surface area contributed by atoms with Crippen LogP contribution in [0.3, 0.4) is 0 Å². The van der Waals surface area contributed by atoms with E-state index in [2.05, 4.69) is 19.2 Å². The van der Waals surface area contributed by atoms with Gasteiger partial charge in [-0.1, -0.05) is 316 Å². The molecule has 400 valence electrons. The van der Waals surface area contributed by atoms with Crippen molar-refractivity contribution in [1.29, 1.82) is 0 Å². The predicted molar refractivity (Wildman–Crippen MR) is 292 cm³/mol. The van der Waals surface area contributed by atoms with Gasteiger partial charge in [-0.15, -0.1) is 0 Å². The lowest BCUT2D eigenvalue weighted by molar-refractivity contribution is -0.143. The molecule has 0 saturated carbocycles. The van der Waals surface area contributed by atoms with Crippen LogP contribution in [0.1, 0.15) is 354 Å². The van der Waals surface area contributed by atoms with Crippen molar-refractivity contribution in [3.8, 4) is 0 Å². The molecule has 0 saturated heterocycles. The monoisotopic (exact) mass is 948 g/mol. The van der Waals surface area contributed by atoms with Crippen LogP contribution >= 0.6 is 0 Å². The average molecular weight is 949 g/mol. The van der Waals surface area contributed by atoms with Crippen LogP contribution in [0.15, 0.2) is 0 Å². The number of carbonyl (C=O) groups excluding carboxylic acids is 2. The quantitative estimate of drug-likeness (QED) is 0.0417. The van der Waals surface area contributed by atoms with Gasteiger partial charge >= 0.3 is 5.97 Å². The minimum Gasteiger partial charge on any atom is -0.466 e. The molecule has 0 aliphatic rings. The van der Waals surface area contributed by atoms with Crippen LogP contribution in [0.4, 0.5) is 0 Å². The Morgan fingerprint density at radius 2 is 0.612 bits per heavy atom. The summed E-state index contributed by atoms with van der Waals surface area (Å²) in [5.74, 6) is -0.0122. The van der Waals surface area contributed by atoms with Gasteiger partial charge in [-0.05, 0) is 25.7 Å². The molecule has 6 heteroatoms. The van der Waals surface area contributed by atoms with Crippen molar-refractivity contribution in [2.75, 3.05) is 13.2 Å². The zero-order chi connectivity index (χ0) is 48.6. The number of ether oxygens (including phenoxy) is 1.